The van der Waals surface area contributed by atoms with Crippen LogP contribution in [0.5, 0.6) is 5.75 Å². The van der Waals surface area contributed by atoms with E-state index in [2.05, 4.69) is 15.9 Å². The third-order valence-electron chi connectivity index (χ3n) is 7.48. The van der Waals surface area contributed by atoms with Gasteiger partial charge in [0.2, 0.25) is 11.8 Å². The fraction of sp³-hybridized carbons (Fsp3) is 0.360. The van der Waals surface area contributed by atoms with E-state index in [4.69, 9.17) is 4.65 Å². The fourth-order valence-corrected chi connectivity index (χ4v) is 6.26. The van der Waals surface area contributed by atoms with Crippen molar-refractivity contribution in [3.63, 3.8) is 0 Å². The number of anilines is 1. The van der Waals surface area contributed by atoms with Crippen LogP contribution < -0.4 is 4.90 Å². The van der Waals surface area contributed by atoms with E-state index in [1.807, 2.05) is 13.8 Å². The number of halogens is 1. The lowest BCUT2D eigenvalue weighted by atomic mass is 9.54. The first-order chi connectivity index (χ1) is 17.1. The number of carbonyl (C=O) groups is 2. The van der Waals surface area contributed by atoms with Crippen molar-refractivity contribution < 1.29 is 29.3 Å². The average molecular weight is 555 g/mol. The van der Waals surface area contributed by atoms with Crippen LogP contribution in [0, 0.1) is 33.8 Å². The maximum absolute atomic E-state index is 13.8. The van der Waals surface area contributed by atoms with Gasteiger partial charge >= 0.3 is 7.12 Å². The third-order valence-corrected chi connectivity index (χ3v) is 7.97. The highest BCUT2D eigenvalue weighted by Gasteiger charge is 2.58. The molecule has 0 bridgehead atoms. The van der Waals surface area contributed by atoms with Crippen molar-refractivity contribution >= 4 is 46.2 Å². The molecule has 0 radical (unpaired) electrons. The molecule has 0 spiro atoms. The summed E-state index contributed by atoms with van der Waals surface area (Å²) in [6.07, 6.45) is -0.111. The molecule has 186 valence electrons. The lowest BCUT2D eigenvalue weighted by Gasteiger charge is -2.43. The zero-order chi connectivity index (χ0) is 25.9. The minimum absolute atomic E-state index is 0.00585. The minimum atomic E-state index is -1.29. The molecule has 2 fully saturated rings. The van der Waals surface area contributed by atoms with Gasteiger partial charge in [0, 0.05) is 22.2 Å². The van der Waals surface area contributed by atoms with Crippen LogP contribution in [-0.4, -0.2) is 34.0 Å². The summed E-state index contributed by atoms with van der Waals surface area (Å²) in [5.41, 5.74) is 1.93. The van der Waals surface area contributed by atoms with Crippen molar-refractivity contribution in [3.8, 4) is 5.75 Å². The van der Waals surface area contributed by atoms with Crippen LogP contribution in [0.15, 0.2) is 58.0 Å². The molecule has 5 rings (SSSR count). The van der Waals surface area contributed by atoms with Crippen molar-refractivity contribution in [2.75, 3.05) is 4.90 Å². The first-order valence-corrected chi connectivity index (χ1v) is 12.5. The van der Waals surface area contributed by atoms with E-state index in [0.29, 0.717) is 17.5 Å². The molecule has 2 aromatic rings. The zero-order valence-corrected chi connectivity index (χ0v) is 21.2. The van der Waals surface area contributed by atoms with Crippen LogP contribution >= 0.6 is 15.9 Å². The van der Waals surface area contributed by atoms with E-state index in [1.165, 1.54) is 30.3 Å². The second-order valence-corrected chi connectivity index (χ2v) is 10.7. The number of imide groups is 1. The number of phenols is 1. The number of hydrogen-bond donors (Lipinski definition) is 2. The molecular formula is C25H24BBrN2O7. The predicted octanol–water partition coefficient (Wildman–Crippen LogP) is 4.32. The van der Waals surface area contributed by atoms with E-state index >= 15 is 0 Å². The molecule has 2 amide bonds. The molecule has 2 saturated heterocycles. The molecular weight excluding hydrogens is 531 g/mol. The molecule has 11 heteroatoms. The number of non-ortho nitro benzene ring substituents is 1. The van der Waals surface area contributed by atoms with Crippen molar-refractivity contribution in [2.24, 2.45) is 23.7 Å². The van der Waals surface area contributed by atoms with E-state index in [9.17, 15) is 29.8 Å². The van der Waals surface area contributed by atoms with Gasteiger partial charge < -0.3 is 14.8 Å². The molecule has 4 atom stereocenters. The molecule has 2 aliphatic heterocycles. The lowest BCUT2D eigenvalue weighted by Crippen LogP contribution is -2.45. The summed E-state index contributed by atoms with van der Waals surface area (Å²) < 4.78 is 6.68. The van der Waals surface area contributed by atoms with Gasteiger partial charge in [-0.15, -0.1) is 0 Å². The number of nitrogens with zero attached hydrogens (tertiary/aromatic N) is 2. The number of nitro groups is 1. The molecule has 2 aromatic carbocycles. The summed E-state index contributed by atoms with van der Waals surface area (Å²) >= 11 is 3.40. The number of nitro benzene ring substituents is 1. The molecule has 0 aromatic heterocycles. The van der Waals surface area contributed by atoms with Gasteiger partial charge in [0.25, 0.3) is 5.69 Å². The summed E-state index contributed by atoms with van der Waals surface area (Å²) in [4.78, 5) is 39.1. The third kappa shape index (κ3) is 3.95. The topological polar surface area (TPSA) is 130 Å². The van der Waals surface area contributed by atoms with Crippen LogP contribution in [0.3, 0.4) is 0 Å². The number of phenolic OH excluding ortho intramolecular Hbond substituents is 1. The van der Waals surface area contributed by atoms with Crippen LogP contribution in [0.1, 0.15) is 38.4 Å². The smallest absolute Gasteiger partial charge is 0.487 e. The quantitative estimate of drug-likeness (QED) is 0.249. The standard InChI is InChI=1S/C25H24BBrN2O7/c1-12(2)16-10-19-22(25(32)28(24(19)31)14-4-3-5-15(9-14)29(34)35)18-11-21(36-26(33)23(16)18)17-8-13(27)6-7-20(17)30/h3-9,12,18-19,21-22,30,33H,10-11H2,1-2H3/t18-,19-,21-,22+/m0/s1. The van der Waals surface area contributed by atoms with Crippen LogP contribution in [0.4, 0.5) is 11.4 Å². The Kier molecular flexibility index (Phi) is 6.26. The van der Waals surface area contributed by atoms with Crippen LogP contribution in [0.25, 0.3) is 0 Å². The number of fused-ring (bicyclic) bond motifs is 3. The van der Waals surface area contributed by atoms with E-state index in [0.717, 1.165) is 14.9 Å². The van der Waals surface area contributed by atoms with Gasteiger partial charge in [0.05, 0.1) is 28.6 Å². The number of hydrogen-bond acceptors (Lipinski definition) is 7. The zero-order valence-electron chi connectivity index (χ0n) is 19.6. The van der Waals surface area contributed by atoms with E-state index in [1.54, 1.807) is 12.1 Å². The summed E-state index contributed by atoms with van der Waals surface area (Å²) in [6, 6.07) is 10.4. The Labute approximate surface area is 216 Å². The average Bonchev–Trinajstić information content (AvgIpc) is 3.09. The molecule has 1 aliphatic carbocycles. The maximum Gasteiger partial charge on any atom is 0.487 e. The first kappa shape index (κ1) is 24.7. The summed E-state index contributed by atoms with van der Waals surface area (Å²) in [7, 11) is -1.29. The first-order valence-electron chi connectivity index (χ1n) is 11.8. The van der Waals surface area contributed by atoms with Gasteiger partial charge in [-0.3, -0.25) is 19.7 Å². The van der Waals surface area contributed by atoms with Gasteiger partial charge in [0.1, 0.15) is 5.75 Å². The highest BCUT2D eigenvalue weighted by atomic mass is 79.9. The Morgan fingerprint density at radius 3 is 2.61 bits per heavy atom. The Hall–Kier alpha value is -3.02. The van der Waals surface area contributed by atoms with Crippen LogP contribution in [-0.2, 0) is 14.2 Å². The van der Waals surface area contributed by atoms with Gasteiger partial charge in [-0.2, -0.15) is 0 Å². The Morgan fingerprint density at radius 2 is 1.92 bits per heavy atom. The molecule has 2 N–H and O–H groups in total. The molecule has 9 nitrogen and oxygen atoms in total. The van der Waals surface area contributed by atoms with E-state index in [-0.39, 0.29) is 29.5 Å². The largest absolute Gasteiger partial charge is 0.508 e. The van der Waals surface area contributed by atoms with Gasteiger partial charge in [0.15, 0.2) is 0 Å². The van der Waals surface area contributed by atoms with Crippen molar-refractivity contribution in [1.82, 2.24) is 0 Å². The second-order valence-electron chi connectivity index (χ2n) is 9.78. The van der Waals surface area contributed by atoms with Crippen molar-refractivity contribution in [1.29, 1.82) is 0 Å². The Balaban J connectivity index is 1.57. The molecule has 0 saturated carbocycles. The van der Waals surface area contributed by atoms with Crippen molar-refractivity contribution in [2.45, 2.75) is 32.8 Å². The fourth-order valence-electron chi connectivity index (χ4n) is 5.89. The number of allylic oxidation sites excluding steroid dienone is 2. The Morgan fingerprint density at radius 1 is 1.17 bits per heavy atom. The minimum Gasteiger partial charge on any atom is -0.508 e. The number of benzene rings is 2. The summed E-state index contributed by atoms with van der Waals surface area (Å²) in [5, 5.41) is 32.9. The highest BCUT2D eigenvalue weighted by molar-refractivity contribution is 9.10. The normalized spacial score (nSPS) is 25.9. The maximum atomic E-state index is 13.8. The van der Waals surface area contributed by atoms with Crippen LogP contribution in [0.2, 0.25) is 0 Å². The molecule has 0 unspecified atom stereocenters. The number of amides is 2. The molecule has 2 heterocycles. The van der Waals surface area contributed by atoms with Gasteiger partial charge in [-0.25, -0.2) is 4.90 Å². The second kappa shape index (κ2) is 9.13. The number of carbonyl (C=O) groups excluding carboxylic acids is 2. The number of rotatable bonds is 4. The van der Waals surface area contributed by atoms with Gasteiger partial charge in [-0.1, -0.05) is 41.4 Å². The Bertz CT molecular complexity index is 1310. The lowest BCUT2D eigenvalue weighted by molar-refractivity contribution is -0.384. The molecule has 36 heavy (non-hydrogen) atoms. The highest BCUT2D eigenvalue weighted by Crippen LogP contribution is 2.53. The van der Waals surface area contributed by atoms with E-state index < -0.39 is 47.7 Å². The van der Waals surface area contributed by atoms with Crippen molar-refractivity contribution in [3.05, 3.63) is 73.7 Å². The SMILES string of the molecule is CC(C)C1=C2B(O)O[C@H](c3cc(Br)ccc3O)C[C@H]2[C@H]2C(=O)N(c3cccc([N+](=O)[O-])c3)C(=O)[C@H]2C1. The van der Waals surface area contributed by atoms with Gasteiger partial charge in [-0.05, 0) is 54.4 Å². The monoisotopic (exact) mass is 554 g/mol. The summed E-state index contributed by atoms with van der Waals surface area (Å²) in [5.74, 6) is -2.71. The number of aromatic hydroxyl groups is 1. The molecule has 3 aliphatic rings. The summed E-state index contributed by atoms with van der Waals surface area (Å²) in [6.45, 7) is 3.94. The predicted molar refractivity (Wildman–Crippen MR) is 135 cm³/mol.